The van der Waals surface area contributed by atoms with Gasteiger partial charge < -0.3 is 25.4 Å². The van der Waals surface area contributed by atoms with E-state index < -0.39 is 11.6 Å². The summed E-state index contributed by atoms with van der Waals surface area (Å²) in [6.45, 7) is 4.59. The van der Waals surface area contributed by atoms with Crippen molar-refractivity contribution in [2.45, 2.75) is 37.8 Å². The highest BCUT2D eigenvalue weighted by molar-refractivity contribution is 6.11. The predicted octanol–water partition coefficient (Wildman–Crippen LogP) is 4.78. The maximum absolute atomic E-state index is 13.7. The van der Waals surface area contributed by atoms with E-state index in [1.54, 1.807) is 0 Å². The van der Waals surface area contributed by atoms with Crippen molar-refractivity contribution in [1.82, 2.24) is 15.1 Å². The van der Waals surface area contributed by atoms with Gasteiger partial charge >= 0.3 is 0 Å². The molecular formula is C33H38F2N6O3. The van der Waals surface area contributed by atoms with E-state index in [-0.39, 0.29) is 18.1 Å². The molecule has 2 fully saturated rings. The number of β-amino-alcohol motifs (C(OH)–C–C–N with tert-alkyl or cyclic N) is 1. The Kier molecular flexibility index (Phi) is 9.06. The van der Waals surface area contributed by atoms with E-state index in [0.29, 0.717) is 48.5 Å². The van der Waals surface area contributed by atoms with Crippen LogP contribution in [-0.4, -0.2) is 84.7 Å². The largest absolute Gasteiger partial charge is 0.392 e. The van der Waals surface area contributed by atoms with Gasteiger partial charge in [0.2, 0.25) is 0 Å². The molecule has 9 nitrogen and oxygen atoms in total. The molecule has 4 N–H and O–H groups in total. The second kappa shape index (κ2) is 13.3. The molecular weight excluding hydrogens is 566 g/mol. The van der Waals surface area contributed by atoms with Crippen molar-refractivity contribution in [1.29, 1.82) is 0 Å². The fourth-order valence-corrected chi connectivity index (χ4v) is 5.97. The molecule has 0 radical (unpaired) electrons. The molecule has 0 aliphatic carbocycles. The van der Waals surface area contributed by atoms with Crippen molar-refractivity contribution in [3.63, 3.8) is 0 Å². The van der Waals surface area contributed by atoms with Crippen LogP contribution in [0.1, 0.15) is 40.7 Å². The highest BCUT2D eigenvalue weighted by Gasteiger charge is 2.22. The molecule has 1 amide bonds. The zero-order valence-corrected chi connectivity index (χ0v) is 24.8. The van der Waals surface area contributed by atoms with Crippen LogP contribution >= 0.6 is 0 Å². The first-order chi connectivity index (χ1) is 21.3. The number of aromatic amines is 1. The number of benzene rings is 3. The van der Waals surface area contributed by atoms with Crippen LogP contribution in [0, 0.1) is 11.6 Å². The lowest BCUT2D eigenvalue weighted by molar-refractivity contribution is 0.0904. The second-order valence-electron chi connectivity index (χ2n) is 11.8. The number of aliphatic hydroxyl groups is 1. The zero-order chi connectivity index (χ0) is 30.6. The zero-order valence-electron chi connectivity index (χ0n) is 24.8. The highest BCUT2D eigenvalue weighted by atomic mass is 19.1. The Bertz CT molecular complexity index is 1600. The topological polar surface area (TPSA) is 106 Å². The highest BCUT2D eigenvalue weighted by Crippen LogP contribution is 2.29. The smallest absolute Gasteiger partial charge is 0.258 e. The van der Waals surface area contributed by atoms with Gasteiger partial charge in [0, 0.05) is 75.3 Å². The van der Waals surface area contributed by atoms with Crippen LogP contribution in [0.25, 0.3) is 10.9 Å². The third-order valence-electron chi connectivity index (χ3n) is 8.46. The number of nitrogens with one attached hydrogen (secondary N) is 3. The van der Waals surface area contributed by atoms with E-state index in [1.165, 1.54) is 12.1 Å². The summed E-state index contributed by atoms with van der Waals surface area (Å²) < 4.78 is 33.0. The Morgan fingerprint density at radius 2 is 1.86 bits per heavy atom. The summed E-state index contributed by atoms with van der Waals surface area (Å²) in [5.74, 6) is -1.16. The van der Waals surface area contributed by atoms with Crippen LogP contribution in [0.15, 0.2) is 54.6 Å². The van der Waals surface area contributed by atoms with E-state index in [0.717, 1.165) is 67.4 Å². The number of H-pyrrole nitrogens is 1. The number of carbonyl (C=O) groups excluding carboxylic acids is 1. The summed E-state index contributed by atoms with van der Waals surface area (Å²) in [7, 11) is 2.03. The number of carbonyl (C=O) groups is 1. The van der Waals surface area contributed by atoms with Gasteiger partial charge in [0.05, 0.1) is 17.2 Å². The Morgan fingerprint density at radius 3 is 2.61 bits per heavy atom. The normalized spacial score (nSPS) is 17.7. The van der Waals surface area contributed by atoms with Crippen LogP contribution in [-0.2, 0) is 11.2 Å². The Balaban J connectivity index is 1.21. The molecule has 0 unspecified atom stereocenters. The van der Waals surface area contributed by atoms with Crippen molar-refractivity contribution in [3.05, 3.63) is 82.9 Å². The Morgan fingerprint density at radius 1 is 1.07 bits per heavy atom. The SMILES string of the molecule is CN(CCN1CC[C@@H](O)C1)c1ccc(C(=O)Nc2n[nH]c3ccc(Cc4cc(F)cc(F)c4)cc23)c(NC2CCOCC2)c1. The van der Waals surface area contributed by atoms with E-state index in [4.69, 9.17) is 4.74 Å². The predicted molar refractivity (Wildman–Crippen MR) is 167 cm³/mol. The number of halogens is 2. The summed E-state index contributed by atoms with van der Waals surface area (Å²) in [6, 6.07) is 15.0. The van der Waals surface area contributed by atoms with Crippen LogP contribution in [0.2, 0.25) is 0 Å². The Labute approximate surface area is 255 Å². The molecule has 2 saturated heterocycles. The average molecular weight is 605 g/mol. The van der Waals surface area contributed by atoms with Gasteiger partial charge in [-0.15, -0.1) is 0 Å². The summed E-state index contributed by atoms with van der Waals surface area (Å²) in [5, 5.41) is 24.4. The summed E-state index contributed by atoms with van der Waals surface area (Å²) in [6.07, 6.45) is 2.59. The van der Waals surface area contributed by atoms with Crippen molar-refractivity contribution < 1.29 is 23.4 Å². The molecule has 2 aliphatic heterocycles. The van der Waals surface area contributed by atoms with Crippen LogP contribution in [0.5, 0.6) is 0 Å². The molecule has 11 heteroatoms. The van der Waals surface area contributed by atoms with Gasteiger partial charge in [-0.05, 0) is 79.3 Å². The monoisotopic (exact) mass is 604 g/mol. The lowest BCUT2D eigenvalue weighted by Gasteiger charge is -2.27. The van der Waals surface area contributed by atoms with E-state index >= 15 is 0 Å². The molecule has 0 spiro atoms. The number of aromatic nitrogens is 2. The van der Waals surface area contributed by atoms with Crippen molar-refractivity contribution in [3.8, 4) is 0 Å². The first kappa shape index (κ1) is 30.0. The minimum absolute atomic E-state index is 0.184. The molecule has 6 rings (SSSR count). The van der Waals surface area contributed by atoms with E-state index in [2.05, 4.69) is 30.6 Å². The number of aliphatic hydroxyl groups excluding tert-OH is 1. The van der Waals surface area contributed by atoms with Crippen molar-refractivity contribution in [2.24, 2.45) is 0 Å². The molecule has 3 heterocycles. The molecule has 0 saturated carbocycles. The molecule has 1 aromatic heterocycles. The number of nitrogens with zero attached hydrogens (tertiary/aromatic N) is 3. The van der Waals surface area contributed by atoms with Crippen LogP contribution < -0.4 is 15.5 Å². The van der Waals surface area contributed by atoms with Gasteiger partial charge in [0.1, 0.15) is 11.6 Å². The fourth-order valence-electron chi connectivity index (χ4n) is 5.97. The first-order valence-corrected chi connectivity index (χ1v) is 15.1. The standard InChI is InChI=1S/C33H38F2N6O3/c1-40(10-11-41-9-6-27(42)20-41)26-3-4-28(31(19-26)36-25-7-12-44-13-8-25)33(43)37-32-29-17-21(2-5-30(29)38-39-32)14-22-15-23(34)18-24(35)16-22/h2-5,15-19,25,27,36,42H,6-14,20H2,1H3,(H2,37,38,39,43)/t27-/m1/s1. The van der Waals surface area contributed by atoms with Gasteiger partial charge in [-0.2, -0.15) is 5.10 Å². The molecule has 4 aromatic rings. The first-order valence-electron chi connectivity index (χ1n) is 15.1. The van der Waals surface area contributed by atoms with Crippen molar-refractivity contribution >= 4 is 34.0 Å². The lowest BCUT2D eigenvalue weighted by atomic mass is 10.0. The van der Waals surface area contributed by atoms with Crippen LogP contribution in [0.4, 0.5) is 26.0 Å². The van der Waals surface area contributed by atoms with Gasteiger partial charge in [-0.3, -0.25) is 14.8 Å². The summed E-state index contributed by atoms with van der Waals surface area (Å²) in [4.78, 5) is 18.1. The minimum Gasteiger partial charge on any atom is -0.392 e. The fraction of sp³-hybridized carbons (Fsp3) is 0.394. The molecule has 0 bridgehead atoms. The number of amides is 1. The second-order valence-corrected chi connectivity index (χ2v) is 11.8. The maximum atomic E-state index is 13.7. The third-order valence-corrected chi connectivity index (χ3v) is 8.46. The number of fused-ring (bicyclic) bond motifs is 1. The lowest BCUT2D eigenvalue weighted by Crippen LogP contribution is -2.32. The number of ether oxygens (including phenoxy) is 1. The molecule has 1 atom stereocenters. The molecule has 3 aromatic carbocycles. The van der Waals surface area contributed by atoms with Gasteiger partial charge in [-0.1, -0.05) is 6.07 Å². The van der Waals surface area contributed by atoms with E-state index in [9.17, 15) is 18.7 Å². The minimum atomic E-state index is -0.619. The molecule has 232 valence electrons. The van der Waals surface area contributed by atoms with E-state index in [1.807, 2.05) is 43.4 Å². The summed E-state index contributed by atoms with van der Waals surface area (Å²) in [5.41, 5.74) is 4.31. The molecule has 44 heavy (non-hydrogen) atoms. The van der Waals surface area contributed by atoms with Crippen LogP contribution in [0.3, 0.4) is 0 Å². The summed E-state index contributed by atoms with van der Waals surface area (Å²) >= 11 is 0. The third kappa shape index (κ3) is 7.18. The Hall–Kier alpha value is -4.06. The number of likely N-dealkylation sites (N-methyl/N-ethyl adjacent to an activating group) is 1. The number of rotatable bonds is 10. The number of anilines is 3. The average Bonchev–Trinajstić information content (AvgIpc) is 3.61. The maximum Gasteiger partial charge on any atom is 0.258 e. The molecule has 2 aliphatic rings. The number of hydrogen-bond donors (Lipinski definition) is 4. The quantitative estimate of drug-likeness (QED) is 0.207. The number of hydrogen-bond acceptors (Lipinski definition) is 7. The van der Waals surface area contributed by atoms with Gasteiger partial charge in [-0.25, -0.2) is 8.78 Å². The number of likely N-dealkylation sites (tertiary alicyclic amines) is 1. The van der Waals surface area contributed by atoms with Gasteiger partial charge in [0.25, 0.3) is 5.91 Å². The van der Waals surface area contributed by atoms with Crippen molar-refractivity contribution in [2.75, 3.05) is 62.0 Å². The van der Waals surface area contributed by atoms with Gasteiger partial charge in [0.15, 0.2) is 5.82 Å².